The van der Waals surface area contributed by atoms with Crippen molar-refractivity contribution in [3.05, 3.63) is 36.9 Å². The van der Waals surface area contributed by atoms with E-state index in [1.165, 1.54) is 6.39 Å². The van der Waals surface area contributed by atoms with Gasteiger partial charge in [0.2, 0.25) is 0 Å². The summed E-state index contributed by atoms with van der Waals surface area (Å²) in [5.41, 5.74) is 2.13. The van der Waals surface area contributed by atoms with Crippen molar-refractivity contribution < 1.29 is 9.15 Å². The lowest BCUT2D eigenvalue weighted by atomic mass is 10.1. The normalized spacial score (nSPS) is 19.4. The van der Waals surface area contributed by atoms with Gasteiger partial charge in [-0.2, -0.15) is 0 Å². The van der Waals surface area contributed by atoms with Crippen molar-refractivity contribution in [3.63, 3.8) is 0 Å². The van der Waals surface area contributed by atoms with Crippen molar-refractivity contribution in [2.45, 2.75) is 12.5 Å². The van der Waals surface area contributed by atoms with Gasteiger partial charge in [0.15, 0.2) is 12.2 Å². The Bertz CT molecular complexity index is 476. The zero-order chi connectivity index (χ0) is 11.5. The average molecular weight is 230 g/mol. The highest BCUT2D eigenvalue weighted by atomic mass is 16.5. The number of aromatic nitrogens is 1. The molecule has 0 bridgehead atoms. The number of hydrogen-bond donors (Lipinski definition) is 1. The Labute approximate surface area is 99.6 Å². The lowest BCUT2D eigenvalue weighted by molar-refractivity contribution is 0.195. The molecule has 1 aromatic heterocycles. The van der Waals surface area contributed by atoms with E-state index in [-0.39, 0.29) is 0 Å². The SMILES string of the molecule is c1cc(NC2CCOC2)cc(-c2cnco2)c1. The van der Waals surface area contributed by atoms with E-state index in [1.807, 2.05) is 12.1 Å². The minimum Gasteiger partial charge on any atom is -0.444 e. The van der Waals surface area contributed by atoms with Gasteiger partial charge in [0.1, 0.15) is 0 Å². The van der Waals surface area contributed by atoms with Crippen LogP contribution in [0.1, 0.15) is 6.42 Å². The molecular weight excluding hydrogens is 216 g/mol. The molecular formula is C13H14N2O2. The van der Waals surface area contributed by atoms with Crippen molar-refractivity contribution >= 4 is 5.69 Å². The van der Waals surface area contributed by atoms with Crippen LogP contribution in [-0.2, 0) is 4.74 Å². The smallest absolute Gasteiger partial charge is 0.181 e. The molecule has 0 radical (unpaired) electrons. The quantitative estimate of drug-likeness (QED) is 0.880. The van der Waals surface area contributed by atoms with Crippen LogP contribution in [0.25, 0.3) is 11.3 Å². The van der Waals surface area contributed by atoms with Crippen LogP contribution in [0.2, 0.25) is 0 Å². The molecule has 1 N–H and O–H groups in total. The van der Waals surface area contributed by atoms with Gasteiger partial charge in [-0.1, -0.05) is 12.1 Å². The molecule has 17 heavy (non-hydrogen) atoms. The summed E-state index contributed by atoms with van der Waals surface area (Å²) in [4.78, 5) is 3.92. The second-order valence-electron chi connectivity index (χ2n) is 4.15. The number of benzene rings is 1. The zero-order valence-corrected chi connectivity index (χ0v) is 9.43. The summed E-state index contributed by atoms with van der Waals surface area (Å²) in [6.45, 7) is 1.63. The van der Waals surface area contributed by atoms with Gasteiger partial charge in [0.25, 0.3) is 0 Å². The molecule has 1 saturated heterocycles. The number of nitrogens with one attached hydrogen (secondary N) is 1. The lowest BCUT2D eigenvalue weighted by Gasteiger charge is -2.12. The fraction of sp³-hybridized carbons (Fsp3) is 0.308. The van der Waals surface area contributed by atoms with E-state index in [0.717, 1.165) is 36.6 Å². The zero-order valence-electron chi connectivity index (χ0n) is 9.43. The van der Waals surface area contributed by atoms with E-state index in [4.69, 9.17) is 9.15 Å². The van der Waals surface area contributed by atoms with Crippen molar-refractivity contribution in [3.8, 4) is 11.3 Å². The van der Waals surface area contributed by atoms with Gasteiger partial charge >= 0.3 is 0 Å². The summed E-state index contributed by atoms with van der Waals surface area (Å²) < 4.78 is 10.6. The van der Waals surface area contributed by atoms with E-state index in [9.17, 15) is 0 Å². The average Bonchev–Trinajstić information content (AvgIpc) is 3.01. The molecule has 2 aromatic rings. The van der Waals surface area contributed by atoms with E-state index in [0.29, 0.717) is 6.04 Å². The number of anilines is 1. The Balaban J connectivity index is 1.79. The van der Waals surface area contributed by atoms with Crippen molar-refractivity contribution in [1.82, 2.24) is 4.98 Å². The highest BCUT2D eigenvalue weighted by Crippen LogP contribution is 2.23. The Morgan fingerprint density at radius 2 is 2.35 bits per heavy atom. The second-order valence-corrected chi connectivity index (χ2v) is 4.15. The summed E-state index contributed by atoms with van der Waals surface area (Å²) in [6.07, 6.45) is 4.23. The predicted molar refractivity (Wildman–Crippen MR) is 64.8 cm³/mol. The topological polar surface area (TPSA) is 47.3 Å². The van der Waals surface area contributed by atoms with E-state index < -0.39 is 0 Å². The summed E-state index contributed by atoms with van der Waals surface area (Å²) >= 11 is 0. The minimum atomic E-state index is 0.417. The van der Waals surface area contributed by atoms with E-state index in [1.54, 1.807) is 6.20 Å². The number of rotatable bonds is 3. The van der Waals surface area contributed by atoms with Crippen molar-refractivity contribution in [1.29, 1.82) is 0 Å². The molecule has 1 aliphatic rings. The minimum absolute atomic E-state index is 0.417. The predicted octanol–water partition coefficient (Wildman–Crippen LogP) is 2.54. The molecule has 0 saturated carbocycles. The number of nitrogens with zero attached hydrogens (tertiary/aromatic N) is 1. The molecule has 2 heterocycles. The molecule has 0 amide bonds. The fourth-order valence-electron chi connectivity index (χ4n) is 2.00. The van der Waals surface area contributed by atoms with Crippen LogP contribution >= 0.6 is 0 Å². The molecule has 88 valence electrons. The molecule has 1 atom stereocenters. The van der Waals surface area contributed by atoms with Gasteiger partial charge in [0.05, 0.1) is 18.8 Å². The lowest BCUT2D eigenvalue weighted by Crippen LogP contribution is -2.18. The first-order chi connectivity index (χ1) is 8.42. The van der Waals surface area contributed by atoms with Crippen LogP contribution in [0.5, 0.6) is 0 Å². The third-order valence-corrected chi connectivity index (χ3v) is 2.88. The standard InChI is InChI=1S/C13H14N2O2/c1-2-10(13-7-14-9-17-13)6-11(3-1)15-12-4-5-16-8-12/h1-3,6-7,9,12,15H,4-5,8H2. The van der Waals surface area contributed by atoms with Gasteiger partial charge < -0.3 is 14.5 Å². The van der Waals surface area contributed by atoms with Crippen LogP contribution in [0.3, 0.4) is 0 Å². The molecule has 0 spiro atoms. The molecule has 0 aliphatic carbocycles. The Hall–Kier alpha value is -1.81. The van der Waals surface area contributed by atoms with Crippen molar-refractivity contribution in [2.24, 2.45) is 0 Å². The fourth-order valence-corrected chi connectivity index (χ4v) is 2.00. The first kappa shape index (κ1) is 10.4. The van der Waals surface area contributed by atoms with Crippen molar-refractivity contribution in [2.75, 3.05) is 18.5 Å². The van der Waals surface area contributed by atoms with E-state index in [2.05, 4.69) is 22.4 Å². The third-order valence-electron chi connectivity index (χ3n) is 2.88. The summed E-state index contributed by atoms with van der Waals surface area (Å²) in [6, 6.07) is 8.56. The highest BCUT2D eigenvalue weighted by Gasteiger charge is 2.15. The first-order valence-electron chi connectivity index (χ1n) is 5.75. The van der Waals surface area contributed by atoms with Crippen LogP contribution in [-0.4, -0.2) is 24.2 Å². The first-order valence-corrected chi connectivity index (χ1v) is 5.75. The van der Waals surface area contributed by atoms with Crippen LogP contribution in [0.4, 0.5) is 5.69 Å². The molecule has 4 heteroatoms. The molecule has 1 unspecified atom stereocenters. The summed E-state index contributed by atoms with van der Waals surface area (Å²) in [5.74, 6) is 0.788. The maximum Gasteiger partial charge on any atom is 0.181 e. The van der Waals surface area contributed by atoms with Gasteiger partial charge in [-0.25, -0.2) is 4.98 Å². The largest absolute Gasteiger partial charge is 0.444 e. The van der Waals surface area contributed by atoms with Crippen LogP contribution < -0.4 is 5.32 Å². The summed E-state index contributed by atoms with van der Waals surface area (Å²) in [5, 5.41) is 3.46. The Morgan fingerprint density at radius 3 is 3.12 bits per heavy atom. The molecule has 4 nitrogen and oxygen atoms in total. The maximum absolute atomic E-state index is 5.34. The Kier molecular flexibility index (Phi) is 2.80. The number of hydrogen-bond acceptors (Lipinski definition) is 4. The second kappa shape index (κ2) is 4.59. The van der Waals surface area contributed by atoms with Gasteiger partial charge in [-0.3, -0.25) is 0 Å². The molecule has 1 fully saturated rings. The highest BCUT2D eigenvalue weighted by molar-refractivity contribution is 5.63. The van der Waals surface area contributed by atoms with Crippen LogP contribution in [0.15, 0.2) is 41.3 Å². The maximum atomic E-state index is 5.34. The van der Waals surface area contributed by atoms with Crippen LogP contribution in [0, 0.1) is 0 Å². The van der Waals surface area contributed by atoms with E-state index >= 15 is 0 Å². The third kappa shape index (κ3) is 2.31. The van der Waals surface area contributed by atoms with Gasteiger partial charge in [-0.15, -0.1) is 0 Å². The molecule has 1 aliphatic heterocycles. The van der Waals surface area contributed by atoms with Gasteiger partial charge in [0, 0.05) is 17.9 Å². The monoisotopic (exact) mass is 230 g/mol. The van der Waals surface area contributed by atoms with Gasteiger partial charge in [-0.05, 0) is 18.6 Å². The summed E-state index contributed by atoms with van der Waals surface area (Å²) in [7, 11) is 0. The molecule has 1 aromatic carbocycles. The number of ether oxygens (including phenoxy) is 1. The molecule has 3 rings (SSSR count). The number of oxazole rings is 1. The Morgan fingerprint density at radius 1 is 1.35 bits per heavy atom.